The van der Waals surface area contributed by atoms with E-state index in [4.69, 9.17) is 0 Å². The summed E-state index contributed by atoms with van der Waals surface area (Å²) < 4.78 is 0. The molecule has 1 atom stereocenters. The Bertz CT molecular complexity index is 974. The maximum atomic E-state index is 13.7. The van der Waals surface area contributed by atoms with Gasteiger partial charge in [0.15, 0.2) is 0 Å². The fourth-order valence-corrected chi connectivity index (χ4v) is 6.53. The number of rotatable bonds is 7. The van der Waals surface area contributed by atoms with Gasteiger partial charge >= 0.3 is 0 Å². The largest absolute Gasteiger partial charge is 0.330 e. The van der Waals surface area contributed by atoms with Crippen LogP contribution in [0, 0.1) is 12.8 Å². The van der Waals surface area contributed by atoms with Crippen LogP contribution in [0.2, 0.25) is 0 Å². The normalized spacial score (nSPS) is 20.9. The van der Waals surface area contributed by atoms with Crippen LogP contribution in [-0.4, -0.2) is 40.7 Å². The SMILES string of the molecule is Cc1ccccc1C1c2ccsc2CCN1C(=O)CN(C(=O)CCC1CCCC1)C1CC1. The topological polar surface area (TPSA) is 40.6 Å². The summed E-state index contributed by atoms with van der Waals surface area (Å²) in [6.45, 7) is 3.08. The van der Waals surface area contributed by atoms with Crippen molar-refractivity contribution in [3.8, 4) is 0 Å². The molecule has 0 N–H and O–H groups in total. The van der Waals surface area contributed by atoms with Crippen LogP contribution in [0.25, 0.3) is 0 Å². The molecule has 5 rings (SSSR count). The highest BCUT2D eigenvalue weighted by Gasteiger charge is 2.38. The lowest BCUT2D eigenvalue weighted by Crippen LogP contribution is -2.47. The molecule has 3 aliphatic rings. The summed E-state index contributed by atoms with van der Waals surface area (Å²) in [6, 6.07) is 10.8. The Labute approximate surface area is 195 Å². The van der Waals surface area contributed by atoms with Crippen molar-refractivity contribution in [2.45, 2.75) is 76.8 Å². The molecule has 1 aliphatic heterocycles. The minimum atomic E-state index is -0.0478. The first-order chi connectivity index (χ1) is 15.6. The third-order valence-corrected chi connectivity index (χ3v) is 8.62. The summed E-state index contributed by atoms with van der Waals surface area (Å²) in [4.78, 5) is 32.1. The second kappa shape index (κ2) is 9.38. The zero-order valence-corrected chi connectivity index (χ0v) is 19.9. The van der Waals surface area contributed by atoms with Crippen molar-refractivity contribution >= 4 is 23.2 Å². The van der Waals surface area contributed by atoms with Gasteiger partial charge in [-0.05, 0) is 66.7 Å². The van der Waals surface area contributed by atoms with Crippen molar-refractivity contribution in [2.75, 3.05) is 13.1 Å². The second-order valence-corrected chi connectivity index (χ2v) is 10.8. The van der Waals surface area contributed by atoms with Crippen LogP contribution in [0.1, 0.15) is 79.0 Å². The smallest absolute Gasteiger partial charge is 0.243 e. The molecule has 2 saturated carbocycles. The molecule has 0 spiro atoms. The van der Waals surface area contributed by atoms with Gasteiger partial charge in [-0.15, -0.1) is 11.3 Å². The van der Waals surface area contributed by atoms with E-state index in [1.165, 1.54) is 47.3 Å². The van der Waals surface area contributed by atoms with Gasteiger partial charge in [-0.2, -0.15) is 0 Å². The summed E-state index contributed by atoms with van der Waals surface area (Å²) >= 11 is 1.79. The van der Waals surface area contributed by atoms with E-state index in [2.05, 4.69) is 42.6 Å². The number of hydrogen-bond acceptors (Lipinski definition) is 3. The number of carbonyl (C=O) groups excluding carboxylic acids is 2. The lowest BCUT2D eigenvalue weighted by Gasteiger charge is -2.38. The fourth-order valence-electron chi connectivity index (χ4n) is 5.63. The minimum absolute atomic E-state index is 0.0478. The zero-order valence-electron chi connectivity index (χ0n) is 19.1. The molecule has 2 aromatic rings. The third kappa shape index (κ3) is 4.50. The van der Waals surface area contributed by atoms with E-state index in [0.29, 0.717) is 12.3 Å². The summed E-state index contributed by atoms with van der Waals surface area (Å²) in [5.41, 5.74) is 3.67. The Morgan fingerprint density at radius 1 is 1.06 bits per heavy atom. The molecule has 2 aliphatic carbocycles. The van der Waals surface area contributed by atoms with Gasteiger partial charge in [0, 0.05) is 23.9 Å². The summed E-state index contributed by atoms with van der Waals surface area (Å²) in [5, 5.41) is 2.15. The Kier molecular flexibility index (Phi) is 6.36. The van der Waals surface area contributed by atoms with Crippen LogP contribution in [0.3, 0.4) is 0 Å². The number of benzene rings is 1. The van der Waals surface area contributed by atoms with E-state index in [9.17, 15) is 9.59 Å². The lowest BCUT2D eigenvalue weighted by molar-refractivity contribution is -0.142. The average molecular weight is 451 g/mol. The monoisotopic (exact) mass is 450 g/mol. The van der Waals surface area contributed by atoms with Crippen LogP contribution in [-0.2, 0) is 16.0 Å². The van der Waals surface area contributed by atoms with Gasteiger partial charge in [0.2, 0.25) is 11.8 Å². The molecule has 2 amide bonds. The number of thiophene rings is 1. The number of hydrogen-bond donors (Lipinski definition) is 0. The van der Waals surface area contributed by atoms with Gasteiger partial charge in [-0.1, -0.05) is 49.9 Å². The Hall–Kier alpha value is -2.14. The van der Waals surface area contributed by atoms with Gasteiger partial charge in [0.1, 0.15) is 6.54 Å². The number of aryl methyl sites for hydroxylation is 1. The highest BCUT2D eigenvalue weighted by Crippen LogP contribution is 2.39. The summed E-state index contributed by atoms with van der Waals surface area (Å²) in [5.74, 6) is 0.991. The molecule has 2 heterocycles. The molecular weight excluding hydrogens is 416 g/mol. The molecule has 5 heteroatoms. The van der Waals surface area contributed by atoms with Crippen molar-refractivity contribution < 1.29 is 9.59 Å². The lowest BCUT2D eigenvalue weighted by atomic mass is 9.90. The first-order valence-electron chi connectivity index (χ1n) is 12.3. The first kappa shape index (κ1) is 21.7. The van der Waals surface area contributed by atoms with Crippen molar-refractivity contribution in [1.29, 1.82) is 0 Å². The predicted molar refractivity (Wildman–Crippen MR) is 129 cm³/mol. The molecule has 4 nitrogen and oxygen atoms in total. The highest BCUT2D eigenvalue weighted by molar-refractivity contribution is 7.10. The maximum absolute atomic E-state index is 13.7. The standard InChI is InChI=1S/C27H34N2O2S/c1-19-6-2-5-9-22(19)27-23-15-17-32-24(23)14-16-28(27)26(31)18-29(21-11-12-21)25(30)13-10-20-7-3-4-8-20/h2,5-6,9,15,17,20-21,27H,3-4,7-8,10-14,16,18H2,1H3. The van der Waals surface area contributed by atoms with Gasteiger partial charge in [0.05, 0.1) is 6.04 Å². The van der Waals surface area contributed by atoms with Gasteiger partial charge < -0.3 is 9.80 Å². The molecule has 0 saturated heterocycles. The van der Waals surface area contributed by atoms with Crippen molar-refractivity contribution in [1.82, 2.24) is 9.80 Å². The fraction of sp³-hybridized carbons (Fsp3) is 0.556. The molecule has 32 heavy (non-hydrogen) atoms. The van der Waals surface area contributed by atoms with E-state index in [1.54, 1.807) is 11.3 Å². The van der Waals surface area contributed by atoms with Gasteiger partial charge in [-0.3, -0.25) is 9.59 Å². The van der Waals surface area contributed by atoms with Crippen LogP contribution in [0.15, 0.2) is 35.7 Å². The number of amides is 2. The Morgan fingerprint density at radius 2 is 1.84 bits per heavy atom. The van der Waals surface area contributed by atoms with Crippen molar-refractivity contribution in [3.05, 3.63) is 57.3 Å². The Morgan fingerprint density at radius 3 is 2.59 bits per heavy atom. The van der Waals surface area contributed by atoms with Crippen LogP contribution >= 0.6 is 11.3 Å². The minimum Gasteiger partial charge on any atom is -0.330 e. The van der Waals surface area contributed by atoms with E-state index in [-0.39, 0.29) is 30.4 Å². The summed E-state index contributed by atoms with van der Waals surface area (Å²) in [7, 11) is 0. The van der Waals surface area contributed by atoms with Crippen LogP contribution in [0.4, 0.5) is 0 Å². The van der Waals surface area contributed by atoms with E-state index in [1.807, 2.05) is 9.80 Å². The second-order valence-electron chi connectivity index (χ2n) is 9.84. The van der Waals surface area contributed by atoms with Crippen LogP contribution in [0.5, 0.6) is 0 Å². The Balaban J connectivity index is 1.33. The van der Waals surface area contributed by atoms with Gasteiger partial charge in [-0.25, -0.2) is 0 Å². The summed E-state index contributed by atoms with van der Waals surface area (Å²) in [6.07, 6.45) is 9.73. The average Bonchev–Trinajstić information content (AvgIpc) is 3.29. The van der Waals surface area contributed by atoms with Gasteiger partial charge in [0.25, 0.3) is 0 Å². The van der Waals surface area contributed by atoms with E-state index in [0.717, 1.165) is 32.2 Å². The molecule has 0 bridgehead atoms. The molecule has 1 aromatic carbocycles. The van der Waals surface area contributed by atoms with E-state index < -0.39 is 0 Å². The molecule has 170 valence electrons. The quantitative estimate of drug-likeness (QED) is 0.559. The van der Waals surface area contributed by atoms with Crippen molar-refractivity contribution in [2.24, 2.45) is 5.92 Å². The third-order valence-electron chi connectivity index (χ3n) is 7.62. The molecule has 1 aromatic heterocycles. The molecule has 1 unspecified atom stereocenters. The molecule has 2 fully saturated rings. The molecular formula is C27H34N2O2S. The van der Waals surface area contributed by atoms with Crippen molar-refractivity contribution in [3.63, 3.8) is 0 Å². The molecule has 0 radical (unpaired) electrons. The predicted octanol–water partition coefficient (Wildman–Crippen LogP) is 5.49. The number of carbonyl (C=O) groups is 2. The first-order valence-corrected chi connectivity index (χ1v) is 13.2. The zero-order chi connectivity index (χ0) is 22.1. The number of nitrogens with zero attached hydrogens (tertiary/aromatic N) is 2. The van der Waals surface area contributed by atoms with Crippen LogP contribution < -0.4 is 0 Å². The maximum Gasteiger partial charge on any atom is 0.243 e. The highest BCUT2D eigenvalue weighted by atomic mass is 32.1. The van der Waals surface area contributed by atoms with E-state index >= 15 is 0 Å². The number of fused-ring (bicyclic) bond motifs is 1.